The van der Waals surface area contributed by atoms with Crippen LogP contribution in [0, 0.1) is 5.92 Å². The Morgan fingerprint density at radius 2 is 1.50 bits per heavy atom. The van der Waals surface area contributed by atoms with Crippen LogP contribution in [0.5, 0.6) is 0 Å². The van der Waals surface area contributed by atoms with Crippen LogP contribution in [-0.2, 0) is 20.8 Å². The van der Waals surface area contributed by atoms with E-state index in [1.54, 1.807) is 17.0 Å². The van der Waals surface area contributed by atoms with Crippen LogP contribution in [0.15, 0.2) is 36.9 Å². The van der Waals surface area contributed by atoms with Gasteiger partial charge in [-0.05, 0) is 36.6 Å². The number of amides is 3. The molecule has 2 heterocycles. The van der Waals surface area contributed by atoms with E-state index in [9.17, 15) is 14.4 Å². The van der Waals surface area contributed by atoms with Crippen molar-refractivity contribution >= 4 is 29.3 Å². The second-order valence-electron chi connectivity index (χ2n) is 7.31. The highest BCUT2D eigenvalue weighted by Crippen LogP contribution is 2.21. The molecule has 0 bridgehead atoms. The van der Waals surface area contributed by atoms with E-state index in [0.29, 0.717) is 63.6 Å². The van der Waals surface area contributed by atoms with Crippen molar-refractivity contribution < 1.29 is 14.4 Å². The van der Waals surface area contributed by atoms with Crippen molar-refractivity contribution in [2.75, 3.05) is 39.3 Å². The number of hydrogen-bond acceptors (Lipinski definition) is 3. The lowest BCUT2D eigenvalue weighted by Crippen LogP contribution is -2.53. The first kappa shape index (κ1) is 20.4. The van der Waals surface area contributed by atoms with Crippen molar-refractivity contribution in [3.63, 3.8) is 0 Å². The van der Waals surface area contributed by atoms with Crippen molar-refractivity contribution in [3.8, 4) is 0 Å². The minimum Gasteiger partial charge on any atom is -0.339 e. The van der Waals surface area contributed by atoms with Crippen LogP contribution >= 0.6 is 11.6 Å². The van der Waals surface area contributed by atoms with Gasteiger partial charge < -0.3 is 14.7 Å². The van der Waals surface area contributed by atoms with Gasteiger partial charge in [0, 0.05) is 50.2 Å². The van der Waals surface area contributed by atoms with Crippen LogP contribution in [0.4, 0.5) is 0 Å². The van der Waals surface area contributed by atoms with Crippen molar-refractivity contribution in [2.45, 2.75) is 19.3 Å². The summed E-state index contributed by atoms with van der Waals surface area (Å²) in [7, 11) is 0. The second-order valence-corrected chi connectivity index (χ2v) is 7.75. The third-order valence-electron chi connectivity index (χ3n) is 5.54. The molecule has 150 valence electrons. The van der Waals surface area contributed by atoms with Crippen LogP contribution in [0.2, 0.25) is 5.02 Å². The van der Waals surface area contributed by atoms with Crippen molar-refractivity contribution in [3.05, 3.63) is 47.5 Å². The second kappa shape index (κ2) is 9.24. The third-order valence-corrected chi connectivity index (χ3v) is 5.80. The maximum Gasteiger partial charge on any atom is 0.245 e. The van der Waals surface area contributed by atoms with E-state index in [1.807, 2.05) is 21.9 Å². The Kier molecular flexibility index (Phi) is 6.73. The molecule has 1 aromatic rings. The zero-order valence-electron chi connectivity index (χ0n) is 16.0. The number of carbonyl (C=O) groups is 3. The smallest absolute Gasteiger partial charge is 0.245 e. The van der Waals surface area contributed by atoms with E-state index in [0.717, 1.165) is 5.56 Å². The van der Waals surface area contributed by atoms with Gasteiger partial charge >= 0.3 is 0 Å². The zero-order chi connectivity index (χ0) is 20.1. The van der Waals surface area contributed by atoms with E-state index in [1.165, 1.54) is 6.08 Å². The minimum atomic E-state index is -0.0706. The average Bonchev–Trinajstić information content (AvgIpc) is 2.74. The highest BCUT2D eigenvalue weighted by Gasteiger charge is 2.31. The lowest BCUT2D eigenvalue weighted by atomic mass is 9.95. The van der Waals surface area contributed by atoms with E-state index in [2.05, 4.69) is 6.58 Å². The zero-order valence-corrected chi connectivity index (χ0v) is 16.7. The van der Waals surface area contributed by atoms with Gasteiger partial charge in [-0.1, -0.05) is 30.3 Å². The van der Waals surface area contributed by atoms with Gasteiger partial charge in [-0.2, -0.15) is 0 Å². The highest BCUT2D eigenvalue weighted by atomic mass is 35.5. The summed E-state index contributed by atoms with van der Waals surface area (Å²) in [4.78, 5) is 42.4. The molecule has 0 atom stereocenters. The van der Waals surface area contributed by atoms with Gasteiger partial charge in [-0.15, -0.1) is 0 Å². The van der Waals surface area contributed by atoms with Gasteiger partial charge in [-0.25, -0.2) is 0 Å². The first-order valence-electron chi connectivity index (χ1n) is 9.70. The molecule has 2 aliphatic heterocycles. The molecule has 0 radical (unpaired) electrons. The van der Waals surface area contributed by atoms with Crippen molar-refractivity contribution in [1.29, 1.82) is 0 Å². The number of likely N-dealkylation sites (tertiary alicyclic amines) is 1. The Morgan fingerprint density at radius 3 is 2.07 bits per heavy atom. The lowest BCUT2D eigenvalue weighted by molar-refractivity contribution is -0.143. The summed E-state index contributed by atoms with van der Waals surface area (Å²) < 4.78 is 0. The molecule has 2 saturated heterocycles. The van der Waals surface area contributed by atoms with Crippen molar-refractivity contribution in [2.24, 2.45) is 5.92 Å². The fraction of sp³-hybridized carbons (Fsp3) is 0.476. The molecule has 0 saturated carbocycles. The number of hydrogen-bond donors (Lipinski definition) is 0. The molecule has 2 aliphatic rings. The molecular formula is C21H26ClN3O3. The number of carbonyl (C=O) groups excluding carboxylic acids is 3. The summed E-state index contributed by atoms with van der Waals surface area (Å²) in [6.07, 6.45) is 3.05. The summed E-state index contributed by atoms with van der Waals surface area (Å²) in [5, 5.41) is 0.656. The molecule has 7 heteroatoms. The fourth-order valence-electron chi connectivity index (χ4n) is 3.80. The number of benzene rings is 1. The van der Waals surface area contributed by atoms with Gasteiger partial charge in [0.05, 0.1) is 6.42 Å². The number of piperidine rings is 1. The molecule has 3 rings (SSSR count). The van der Waals surface area contributed by atoms with E-state index < -0.39 is 0 Å². The van der Waals surface area contributed by atoms with Crippen LogP contribution in [-0.4, -0.2) is 71.7 Å². The SMILES string of the molecule is C=CC(=O)N1CCC(C(=O)N2CCN(C(=O)Cc3ccc(Cl)cc3)CC2)CC1. The molecule has 3 amide bonds. The Balaban J connectivity index is 1.45. The topological polar surface area (TPSA) is 60.9 Å². The molecule has 6 nitrogen and oxygen atoms in total. The molecule has 0 unspecified atom stereocenters. The van der Waals surface area contributed by atoms with Crippen molar-refractivity contribution in [1.82, 2.24) is 14.7 Å². The monoisotopic (exact) mass is 403 g/mol. The quantitative estimate of drug-likeness (QED) is 0.722. The Labute approximate surface area is 170 Å². The maximum absolute atomic E-state index is 12.8. The van der Waals surface area contributed by atoms with Gasteiger partial charge in [0.1, 0.15) is 0 Å². The Morgan fingerprint density at radius 1 is 0.929 bits per heavy atom. The standard InChI is InChI=1S/C21H26ClN3O3/c1-2-19(26)23-9-7-17(8-10-23)21(28)25-13-11-24(12-14-25)20(27)15-16-3-5-18(22)6-4-16/h2-6,17H,1,7-15H2. The molecule has 1 aromatic carbocycles. The first-order valence-corrected chi connectivity index (χ1v) is 10.1. The molecular weight excluding hydrogens is 378 g/mol. The number of piperazine rings is 1. The van der Waals surface area contributed by atoms with Crippen LogP contribution in [0.1, 0.15) is 18.4 Å². The van der Waals surface area contributed by atoms with E-state index in [4.69, 9.17) is 11.6 Å². The first-order chi connectivity index (χ1) is 13.5. The molecule has 2 fully saturated rings. The largest absolute Gasteiger partial charge is 0.339 e. The molecule has 0 aromatic heterocycles. The normalized spacial score (nSPS) is 18.1. The van der Waals surface area contributed by atoms with Crippen LogP contribution < -0.4 is 0 Å². The average molecular weight is 404 g/mol. The van der Waals surface area contributed by atoms with Gasteiger partial charge in [0.25, 0.3) is 0 Å². The number of halogens is 1. The fourth-order valence-corrected chi connectivity index (χ4v) is 3.93. The van der Waals surface area contributed by atoms with Crippen LogP contribution in [0.25, 0.3) is 0 Å². The summed E-state index contributed by atoms with van der Waals surface area (Å²) in [5.74, 6) is 0.116. The Hall–Kier alpha value is -2.34. The molecule has 0 aliphatic carbocycles. The molecule has 0 N–H and O–H groups in total. The summed E-state index contributed by atoms with van der Waals surface area (Å²) in [6.45, 7) is 6.96. The van der Waals surface area contributed by atoms with E-state index in [-0.39, 0.29) is 23.6 Å². The molecule has 28 heavy (non-hydrogen) atoms. The summed E-state index contributed by atoms with van der Waals surface area (Å²) in [6, 6.07) is 7.30. The predicted octanol–water partition coefficient (Wildman–Crippen LogP) is 1.98. The third kappa shape index (κ3) is 4.93. The summed E-state index contributed by atoms with van der Waals surface area (Å²) in [5.41, 5.74) is 0.939. The number of rotatable bonds is 4. The lowest BCUT2D eigenvalue weighted by Gasteiger charge is -2.38. The minimum absolute atomic E-state index is 0.0369. The number of nitrogens with zero attached hydrogens (tertiary/aromatic N) is 3. The van der Waals surface area contributed by atoms with Gasteiger partial charge in [-0.3, -0.25) is 14.4 Å². The highest BCUT2D eigenvalue weighted by molar-refractivity contribution is 6.30. The van der Waals surface area contributed by atoms with Gasteiger partial charge in [0.15, 0.2) is 0 Å². The Bertz CT molecular complexity index is 734. The predicted molar refractivity (Wildman–Crippen MR) is 108 cm³/mol. The van der Waals surface area contributed by atoms with Gasteiger partial charge in [0.2, 0.25) is 17.7 Å². The molecule has 0 spiro atoms. The summed E-state index contributed by atoms with van der Waals surface area (Å²) >= 11 is 5.88. The van der Waals surface area contributed by atoms with E-state index >= 15 is 0 Å². The van der Waals surface area contributed by atoms with Crippen LogP contribution in [0.3, 0.4) is 0 Å². The maximum atomic E-state index is 12.8.